The fraction of sp³-hybridized carbons (Fsp3) is 0.111. The van der Waals surface area contributed by atoms with Crippen LogP contribution in [0.2, 0.25) is 0 Å². The van der Waals surface area contributed by atoms with Crippen molar-refractivity contribution in [2.45, 2.75) is 6.92 Å². The lowest BCUT2D eigenvalue weighted by molar-refractivity contribution is 0.101. The summed E-state index contributed by atoms with van der Waals surface area (Å²) in [5.41, 5.74) is 6.10. The van der Waals surface area contributed by atoms with Crippen LogP contribution in [0.1, 0.15) is 21.8 Å². The summed E-state index contributed by atoms with van der Waals surface area (Å²) >= 11 is 4.81. The number of amides is 1. The molecule has 0 aliphatic carbocycles. The number of hydrogen-bond acceptors (Lipinski definition) is 5. The number of thiocarbonyl (C=S) groups is 1. The summed E-state index contributed by atoms with van der Waals surface area (Å²) in [4.78, 5) is 11.9. The van der Waals surface area contributed by atoms with Crippen LogP contribution in [0.3, 0.4) is 0 Å². The minimum Gasteiger partial charge on any atom is -0.389 e. The Labute approximate surface area is 101 Å². The fourth-order valence-electron chi connectivity index (χ4n) is 1.22. The summed E-state index contributed by atoms with van der Waals surface area (Å²) in [7, 11) is 0. The summed E-state index contributed by atoms with van der Waals surface area (Å²) in [6, 6.07) is 1.52. The van der Waals surface area contributed by atoms with Crippen LogP contribution < -0.4 is 11.1 Å². The smallest absolute Gasteiger partial charge is 0.279 e. The molecular weight excluding hydrogens is 242 g/mol. The van der Waals surface area contributed by atoms with Crippen molar-refractivity contribution < 1.29 is 9.32 Å². The van der Waals surface area contributed by atoms with Gasteiger partial charge < -0.3 is 15.6 Å². The molecule has 88 valence electrons. The van der Waals surface area contributed by atoms with Crippen LogP contribution in [0, 0.1) is 6.92 Å². The molecule has 0 aliphatic heterocycles. The monoisotopic (exact) mass is 251 g/mol. The van der Waals surface area contributed by atoms with Crippen LogP contribution in [0.4, 0.5) is 5.82 Å². The van der Waals surface area contributed by atoms with Crippen molar-refractivity contribution in [2.24, 2.45) is 5.73 Å². The number of carbonyl (C=O) groups is 1. The second-order valence-corrected chi connectivity index (χ2v) is 3.74. The maximum Gasteiger partial charge on any atom is 0.279 e. The molecule has 0 saturated carbocycles. The first-order chi connectivity index (χ1) is 8.08. The molecule has 0 radical (unpaired) electrons. The molecule has 0 unspecified atom stereocenters. The van der Waals surface area contributed by atoms with E-state index < -0.39 is 5.91 Å². The van der Waals surface area contributed by atoms with E-state index in [0.717, 1.165) is 0 Å². The van der Waals surface area contributed by atoms with Gasteiger partial charge in [-0.2, -0.15) is 5.10 Å². The van der Waals surface area contributed by atoms with Crippen LogP contribution in [-0.4, -0.2) is 26.2 Å². The normalized spacial score (nSPS) is 10.2. The largest absolute Gasteiger partial charge is 0.389 e. The lowest BCUT2D eigenvalue weighted by Gasteiger charge is -2.01. The molecule has 0 saturated heterocycles. The molecule has 2 heterocycles. The van der Waals surface area contributed by atoms with E-state index in [1.54, 1.807) is 6.92 Å². The molecule has 0 aliphatic rings. The van der Waals surface area contributed by atoms with Gasteiger partial charge in [-0.1, -0.05) is 17.4 Å². The zero-order valence-electron chi connectivity index (χ0n) is 8.85. The molecular formula is C9H9N5O2S. The summed E-state index contributed by atoms with van der Waals surface area (Å²) in [5.74, 6) is 0.459. The molecule has 0 atom stereocenters. The fourth-order valence-corrected chi connectivity index (χ4v) is 1.37. The molecule has 0 aromatic carbocycles. The topological polar surface area (TPSA) is 110 Å². The van der Waals surface area contributed by atoms with Crippen molar-refractivity contribution in [1.82, 2.24) is 15.4 Å². The van der Waals surface area contributed by atoms with Crippen molar-refractivity contribution in [3.8, 4) is 0 Å². The van der Waals surface area contributed by atoms with Crippen molar-refractivity contribution in [2.75, 3.05) is 5.32 Å². The SMILES string of the molecule is Cc1cc(C(=O)Nc2[nH]ncc2C(N)=S)no1. The Morgan fingerprint density at radius 2 is 2.41 bits per heavy atom. The highest BCUT2D eigenvalue weighted by atomic mass is 32.1. The van der Waals surface area contributed by atoms with Crippen LogP contribution in [0.15, 0.2) is 16.8 Å². The Morgan fingerprint density at radius 1 is 1.65 bits per heavy atom. The zero-order chi connectivity index (χ0) is 12.4. The average molecular weight is 251 g/mol. The Balaban J connectivity index is 2.18. The highest BCUT2D eigenvalue weighted by Gasteiger charge is 2.15. The van der Waals surface area contributed by atoms with Gasteiger partial charge in [0, 0.05) is 6.07 Å². The first kappa shape index (κ1) is 11.3. The van der Waals surface area contributed by atoms with Crippen molar-refractivity contribution in [3.63, 3.8) is 0 Å². The third kappa shape index (κ3) is 2.31. The number of nitrogens with zero attached hydrogens (tertiary/aromatic N) is 2. The molecule has 0 spiro atoms. The van der Waals surface area contributed by atoms with Gasteiger partial charge >= 0.3 is 0 Å². The minimum atomic E-state index is -0.427. The number of anilines is 1. The number of rotatable bonds is 3. The van der Waals surface area contributed by atoms with E-state index in [4.69, 9.17) is 22.5 Å². The molecule has 0 fully saturated rings. The standard InChI is InChI=1S/C9H9N5O2S/c1-4-2-6(14-16-4)9(15)12-8-5(7(10)17)3-11-13-8/h2-3H,1H3,(H2,10,17)(H2,11,12,13,15). The van der Waals surface area contributed by atoms with E-state index >= 15 is 0 Å². The average Bonchev–Trinajstić information content (AvgIpc) is 2.86. The van der Waals surface area contributed by atoms with Gasteiger partial charge in [0.05, 0.1) is 11.8 Å². The first-order valence-electron chi connectivity index (χ1n) is 4.66. The van der Waals surface area contributed by atoms with E-state index in [1.807, 2.05) is 0 Å². The van der Waals surface area contributed by atoms with Crippen molar-refractivity contribution in [3.05, 3.63) is 29.3 Å². The highest BCUT2D eigenvalue weighted by Crippen LogP contribution is 2.12. The van der Waals surface area contributed by atoms with E-state index in [2.05, 4.69) is 20.7 Å². The molecule has 0 bridgehead atoms. The zero-order valence-corrected chi connectivity index (χ0v) is 9.67. The number of aromatic nitrogens is 3. The number of H-pyrrole nitrogens is 1. The van der Waals surface area contributed by atoms with Crippen LogP contribution >= 0.6 is 12.2 Å². The molecule has 7 nitrogen and oxygen atoms in total. The number of aromatic amines is 1. The predicted molar refractivity (Wildman–Crippen MR) is 63.7 cm³/mol. The van der Waals surface area contributed by atoms with Gasteiger partial charge in [-0.05, 0) is 6.92 Å². The van der Waals surface area contributed by atoms with E-state index in [0.29, 0.717) is 17.1 Å². The maximum absolute atomic E-state index is 11.7. The third-order valence-electron chi connectivity index (χ3n) is 2.00. The van der Waals surface area contributed by atoms with Crippen LogP contribution in [0.25, 0.3) is 0 Å². The maximum atomic E-state index is 11.7. The number of nitrogens with two attached hydrogens (primary N) is 1. The molecule has 2 rings (SSSR count). The number of carbonyl (C=O) groups excluding carboxylic acids is 1. The van der Waals surface area contributed by atoms with Crippen LogP contribution in [0.5, 0.6) is 0 Å². The number of nitrogens with one attached hydrogen (secondary N) is 2. The Kier molecular flexibility index (Phi) is 2.88. The summed E-state index contributed by atoms with van der Waals surface area (Å²) in [5, 5.41) is 12.5. The minimum absolute atomic E-state index is 0.144. The third-order valence-corrected chi connectivity index (χ3v) is 2.22. The summed E-state index contributed by atoms with van der Waals surface area (Å²) in [6.45, 7) is 1.69. The quantitative estimate of drug-likeness (QED) is 0.689. The predicted octanol–water partition coefficient (Wildman–Crippen LogP) is 0.593. The lowest BCUT2D eigenvalue weighted by Crippen LogP contribution is -2.17. The Morgan fingerprint density at radius 3 is 3.00 bits per heavy atom. The Hall–Kier alpha value is -2.22. The van der Waals surface area contributed by atoms with Gasteiger partial charge in [0.15, 0.2) is 5.69 Å². The van der Waals surface area contributed by atoms with Crippen molar-refractivity contribution in [1.29, 1.82) is 0 Å². The van der Waals surface area contributed by atoms with E-state index in [9.17, 15) is 4.79 Å². The van der Waals surface area contributed by atoms with Crippen molar-refractivity contribution >= 4 is 28.9 Å². The molecule has 17 heavy (non-hydrogen) atoms. The number of aryl methyl sites for hydroxylation is 1. The second-order valence-electron chi connectivity index (χ2n) is 3.30. The second kappa shape index (κ2) is 4.34. The van der Waals surface area contributed by atoms with Gasteiger partial charge in [0.1, 0.15) is 16.6 Å². The van der Waals surface area contributed by atoms with Gasteiger partial charge in [-0.15, -0.1) is 0 Å². The Bertz CT molecular complexity index is 573. The summed E-state index contributed by atoms with van der Waals surface area (Å²) in [6.07, 6.45) is 1.44. The van der Waals surface area contributed by atoms with Gasteiger partial charge in [0.2, 0.25) is 0 Å². The molecule has 2 aromatic heterocycles. The van der Waals surface area contributed by atoms with Crippen LogP contribution in [-0.2, 0) is 0 Å². The van der Waals surface area contributed by atoms with E-state index in [-0.39, 0.29) is 10.7 Å². The van der Waals surface area contributed by atoms with Gasteiger partial charge in [-0.25, -0.2) is 0 Å². The van der Waals surface area contributed by atoms with E-state index in [1.165, 1.54) is 12.3 Å². The highest BCUT2D eigenvalue weighted by molar-refractivity contribution is 7.80. The molecule has 8 heteroatoms. The van der Waals surface area contributed by atoms with Gasteiger partial charge in [-0.3, -0.25) is 9.89 Å². The summed E-state index contributed by atoms with van der Waals surface area (Å²) < 4.78 is 4.80. The number of hydrogen-bond donors (Lipinski definition) is 3. The molecule has 4 N–H and O–H groups in total. The molecule has 2 aromatic rings. The first-order valence-corrected chi connectivity index (χ1v) is 5.06. The molecule has 1 amide bonds. The lowest BCUT2D eigenvalue weighted by atomic mass is 10.3. The van der Waals surface area contributed by atoms with Gasteiger partial charge in [0.25, 0.3) is 5.91 Å².